The van der Waals surface area contributed by atoms with Crippen molar-refractivity contribution >= 4 is 29.3 Å². The second-order valence-electron chi connectivity index (χ2n) is 6.17. The summed E-state index contributed by atoms with van der Waals surface area (Å²) in [5, 5.41) is 5.33. The molecule has 0 spiro atoms. The van der Waals surface area contributed by atoms with Gasteiger partial charge in [-0.2, -0.15) is 13.2 Å². The summed E-state index contributed by atoms with van der Waals surface area (Å²) in [4.78, 5) is 23.6. The number of anilines is 2. The zero-order valence-corrected chi connectivity index (χ0v) is 14.8. The molecule has 27 heavy (non-hydrogen) atoms. The first-order valence-electron chi connectivity index (χ1n) is 8.22. The van der Waals surface area contributed by atoms with Crippen LogP contribution in [-0.2, 0) is 15.8 Å². The zero-order chi connectivity index (χ0) is 20.0. The van der Waals surface area contributed by atoms with Crippen molar-refractivity contribution in [2.24, 2.45) is 5.92 Å². The molecule has 0 bridgehead atoms. The highest BCUT2D eigenvalue weighted by molar-refractivity contribution is 6.02. The third-order valence-electron chi connectivity index (χ3n) is 3.59. The van der Waals surface area contributed by atoms with Gasteiger partial charge in [-0.05, 0) is 48.0 Å². The maximum absolute atomic E-state index is 12.7. The molecule has 7 heteroatoms. The largest absolute Gasteiger partial charge is 0.416 e. The van der Waals surface area contributed by atoms with E-state index in [9.17, 15) is 22.8 Å². The fourth-order valence-electron chi connectivity index (χ4n) is 2.10. The molecule has 0 fully saturated rings. The number of carbonyl (C=O) groups is 2. The van der Waals surface area contributed by atoms with Crippen LogP contribution in [0.15, 0.2) is 54.6 Å². The van der Waals surface area contributed by atoms with E-state index in [1.807, 2.05) is 0 Å². The maximum atomic E-state index is 12.7. The molecule has 2 N–H and O–H groups in total. The van der Waals surface area contributed by atoms with Crippen LogP contribution >= 0.6 is 0 Å². The third-order valence-corrected chi connectivity index (χ3v) is 3.59. The Morgan fingerprint density at radius 2 is 1.56 bits per heavy atom. The molecular formula is C20H19F3N2O2. The van der Waals surface area contributed by atoms with Crippen molar-refractivity contribution in [3.05, 3.63) is 65.7 Å². The predicted molar refractivity (Wildman–Crippen MR) is 99.0 cm³/mol. The summed E-state index contributed by atoms with van der Waals surface area (Å²) in [6.07, 6.45) is -1.97. The molecule has 2 amide bonds. The van der Waals surface area contributed by atoms with Gasteiger partial charge in [-0.3, -0.25) is 9.59 Å². The Labute approximate surface area is 155 Å². The highest BCUT2D eigenvalue weighted by Crippen LogP contribution is 2.29. The van der Waals surface area contributed by atoms with Crippen LogP contribution in [0.25, 0.3) is 6.08 Å². The normalized spacial score (nSPS) is 11.6. The van der Waals surface area contributed by atoms with E-state index in [1.54, 1.807) is 38.1 Å². The topological polar surface area (TPSA) is 58.2 Å². The number of halogens is 3. The summed E-state index contributed by atoms with van der Waals surface area (Å²) in [7, 11) is 0. The van der Waals surface area contributed by atoms with Gasteiger partial charge >= 0.3 is 6.18 Å². The molecule has 0 radical (unpaired) electrons. The summed E-state index contributed by atoms with van der Waals surface area (Å²) >= 11 is 0. The van der Waals surface area contributed by atoms with Crippen LogP contribution in [0.5, 0.6) is 0 Å². The first-order valence-corrected chi connectivity index (χ1v) is 8.22. The Morgan fingerprint density at radius 3 is 2.11 bits per heavy atom. The summed E-state index contributed by atoms with van der Waals surface area (Å²) in [6.45, 7) is 3.56. The monoisotopic (exact) mass is 376 g/mol. The summed E-state index contributed by atoms with van der Waals surface area (Å²) in [5.41, 5.74) is 0.596. The van der Waals surface area contributed by atoms with Gasteiger partial charge in [-0.1, -0.05) is 26.0 Å². The minimum Gasteiger partial charge on any atom is -0.326 e. The maximum Gasteiger partial charge on any atom is 0.416 e. The van der Waals surface area contributed by atoms with Gasteiger partial charge in [-0.15, -0.1) is 0 Å². The Morgan fingerprint density at radius 1 is 0.963 bits per heavy atom. The van der Waals surface area contributed by atoms with Crippen LogP contribution in [0.1, 0.15) is 25.0 Å². The van der Waals surface area contributed by atoms with Crippen LogP contribution in [-0.4, -0.2) is 11.8 Å². The standard InChI is InChI=1S/C20H19F3N2O2/c1-13(2)19(27)25-17-9-7-16(8-10-17)24-18(26)11-6-14-4-3-5-15(12-14)20(21,22)23/h3-13H,1-2H3,(H,24,26)(H,25,27). The van der Waals surface area contributed by atoms with Crippen LogP contribution in [0, 0.1) is 5.92 Å². The predicted octanol–water partition coefficient (Wildman–Crippen LogP) is 4.95. The smallest absolute Gasteiger partial charge is 0.326 e. The highest BCUT2D eigenvalue weighted by Gasteiger charge is 2.30. The van der Waals surface area contributed by atoms with Crippen LogP contribution in [0.4, 0.5) is 24.5 Å². The molecule has 142 valence electrons. The molecule has 0 saturated heterocycles. The second-order valence-corrected chi connectivity index (χ2v) is 6.17. The van der Waals surface area contributed by atoms with Gasteiger partial charge in [0, 0.05) is 23.4 Å². The molecule has 2 aromatic carbocycles. The molecule has 0 aromatic heterocycles. The number of nitrogens with one attached hydrogen (secondary N) is 2. The highest BCUT2D eigenvalue weighted by atomic mass is 19.4. The summed E-state index contributed by atoms with van der Waals surface area (Å²) < 4.78 is 38.0. The molecule has 0 aliphatic carbocycles. The van der Waals surface area contributed by atoms with Gasteiger partial charge < -0.3 is 10.6 Å². The average molecular weight is 376 g/mol. The van der Waals surface area contributed by atoms with Gasteiger partial charge in [0.1, 0.15) is 0 Å². The van der Waals surface area contributed by atoms with Crippen molar-refractivity contribution < 1.29 is 22.8 Å². The SMILES string of the molecule is CC(C)C(=O)Nc1ccc(NC(=O)C=Cc2cccc(C(F)(F)F)c2)cc1. The van der Waals surface area contributed by atoms with E-state index in [2.05, 4.69) is 10.6 Å². The van der Waals surface area contributed by atoms with Crippen LogP contribution in [0.3, 0.4) is 0 Å². The number of amides is 2. The lowest BCUT2D eigenvalue weighted by Crippen LogP contribution is -2.17. The minimum atomic E-state index is -4.43. The Kier molecular flexibility index (Phi) is 6.39. The van der Waals surface area contributed by atoms with Gasteiger partial charge in [0.05, 0.1) is 5.56 Å². The van der Waals surface area contributed by atoms with Gasteiger partial charge in [0.25, 0.3) is 0 Å². The van der Waals surface area contributed by atoms with E-state index < -0.39 is 17.6 Å². The second kappa shape index (κ2) is 8.53. The Bertz CT molecular complexity index is 841. The third kappa shape index (κ3) is 6.29. The first kappa shape index (κ1) is 20.2. The number of hydrogen-bond acceptors (Lipinski definition) is 2. The van der Waals surface area contributed by atoms with Crippen molar-refractivity contribution in [2.75, 3.05) is 10.6 Å². The fraction of sp³-hybridized carbons (Fsp3) is 0.200. The Hall–Kier alpha value is -3.09. The first-order chi connectivity index (χ1) is 12.6. The number of rotatable bonds is 5. The lowest BCUT2D eigenvalue weighted by Gasteiger charge is -2.09. The van der Waals surface area contributed by atoms with E-state index in [1.165, 1.54) is 18.2 Å². The molecule has 0 unspecified atom stereocenters. The average Bonchev–Trinajstić information content (AvgIpc) is 2.61. The van der Waals surface area contributed by atoms with Crippen molar-refractivity contribution in [1.29, 1.82) is 0 Å². The minimum absolute atomic E-state index is 0.115. The van der Waals surface area contributed by atoms with Crippen molar-refractivity contribution in [1.82, 2.24) is 0 Å². The molecule has 2 aromatic rings. The van der Waals surface area contributed by atoms with Crippen LogP contribution < -0.4 is 10.6 Å². The molecule has 0 aliphatic rings. The van der Waals surface area contributed by atoms with Gasteiger partial charge in [0.2, 0.25) is 11.8 Å². The molecule has 0 atom stereocenters. The van der Waals surface area contributed by atoms with E-state index in [-0.39, 0.29) is 17.4 Å². The molecule has 4 nitrogen and oxygen atoms in total. The van der Waals surface area contributed by atoms with Crippen molar-refractivity contribution in [3.8, 4) is 0 Å². The van der Waals surface area contributed by atoms with E-state index >= 15 is 0 Å². The number of alkyl halides is 3. The van der Waals surface area contributed by atoms with Crippen molar-refractivity contribution in [3.63, 3.8) is 0 Å². The summed E-state index contributed by atoms with van der Waals surface area (Å²) in [5.74, 6) is -0.743. The quantitative estimate of drug-likeness (QED) is 0.726. The van der Waals surface area contributed by atoms with E-state index in [0.29, 0.717) is 11.4 Å². The lowest BCUT2D eigenvalue weighted by atomic mass is 10.1. The van der Waals surface area contributed by atoms with Gasteiger partial charge in [0.15, 0.2) is 0 Å². The number of hydrogen-bond donors (Lipinski definition) is 2. The number of benzene rings is 2. The van der Waals surface area contributed by atoms with E-state index in [4.69, 9.17) is 0 Å². The summed E-state index contributed by atoms with van der Waals surface area (Å²) in [6, 6.07) is 11.2. The zero-order valence-electron chi connectivity index (χ0n) is 14.8. The van der Waals surface area contributed by atoms with Gasteiger partial charge in [-0.25, -0.2) is 0 Å². The Balaban J connectivity index is 1.97. The molecule has 0 aliphatic heterocycles. The molecule has 2 rings (SSSR count). The fourth-order valence-corrected chi connectivity index (χ4v) is 2.10. The number of carbonyl (C=O) groups excluding carboxylic acids is 2. The van der Waals surface area contributed by atoms with E-state index in [0.717, 1.165) is 18.2 Å². The molecule has 0 saturated carbocycles. The molecular weight excluding hydrogens is 357 g/mol. The van der Waals surface area contributed by atoms with Crippen LogP contribution in [0.2, 0.25) is 0 Å². The lowest BCUT2D eigenvalue weighted by molar-refractivity contribution is -0.137. The molecule has 0 heterocycles. The van der Waals surface area contributed by atoms with Crippen molar-refractivity contribution in [2.45, 2.75) is 20.0 Å².